The van der Waals surface area contributed by atoms with Crippen LogP contribution in [0.4, 0.5) is 0 Å². The van der Waals surface area contributed by atoms with Gasteiger partial charge in [-0.2, -0.15) is 0 Å². The highest BCUT2D eigenvalue weighted by Gasteiger charge is 2.27. The molecule has 0 saturated heterocycles. The van der Waals surface area contributed by atoms with Crippen molar-refractivity contribution in [2.45, 2.75) is 0 Å². The van der Waals surface area contributed by atoms with Crippen LogP contribution in [-0.4, -0.2) is 9.97 Å². The van der Waals surface area contributed by atoms with Crippen LogP contribution < -0.4 is 0 Å². The monoisotopic (exact) mass is 684 g/mol. The minimum absolute atomic E-state index is 0.936. The van der Waals surface area contributed by atoms with Crippen molar-refractivity contribution in [3.05, 3.63) is 194 Å². The third-order valence-corrected chi connectivity index (χ3v) is 11.1. The van der Waals surface area contributed by atoms with Crippen molar-refractivity contribution in [1.29, 1.82) is 0 Å². The summed E-state index contributed by atoms with van der Waals surface area (Å²) >= 11 is 0. The average molecular weight is 685 g/mol. The van der Waals surface area contributed by atoms with Gasteiger partial charge in [-0.15, -0.1) is 0 Å². The van der Waals surface area contributed by atoms with Crippen molar-refractivity contribution in [1.82, 2.24) is 9.97 Å². The Morgan fingerprint density at radius 2 is 0.833 bits per heavy atom. The molecule has 0 aliphatic heterocycles. The van der Waals surface area contributed by atoms with Gasteiger partial charge in [0.1, 0.15) is 0 Å². The predicted molar refractivity (Wildman–Crippen MR) is 226 cm³/mol. The molecule has 0 saturated carbocycles. The zero-order valence-electron chi connectivity index (χ0n) is 29.4. The SMILES string of the molecule is c1ccc(-c2ccc(-c3cccc(-c4ccc(-c5ccc(-c6ccc7ccc8cccnc8c7n6)cc5)cc4)c3)c3c2-c2cccc4cccc-3c24)cc1. The van der Waals surface area contributed by atoms with E-state index < -0.39 is 0 Å². The summed E-state index contributed by atoms with van der Waals surface area (Å²) in [4.78, 5) is 9.67. The topological polar surface area (TPSA) is 25.8 Å². The molecule has 250 valence electrons. The first-order valence-corrected chi connectivity index (χ1v) is 18.5. The first-order chi connectivity index (χ1) is 26.8. The van der Waals surface area contributed by atoms with E-state index in [4.69, 9.17) is 4.98 Å². The van der Waals surface area contributed by atoms with E-state index in [0.717, 1.165) is 33.1 Å². The molecule has 0 atom stereocenters. The van der Waals surface area contributed by atoms with Gasteiger partial charge >= 0.3 is 0 Å². The number of rotatable bonds is 5. The number of aromatic nitrogens is 2. The van der Waals surface area contributed by atoms with Crippen molar-refractivity contribution >= 4 is 32.6 Å². The van der Waals surface area contributed by atoms with Crippen molar-refractivity contribution in [2.24, 2.45) is 0 Å². The number of pyridine rings is 2. The summed E-state index contributed by atoms with van der Waals surface area (Å²) in [7, 11) is 0. The Labute approximate surface area is 313 Å². The Morgan fingerprint density at radius 3 is 1.54 bits per heavy atom. The summed E-state index contributed by atoms with van der Waals surface area (Å²) in [5, 5.41) is 4.83. The summed E-state index contributed by atoms with van der Waals surface area (Å²) in [6.45, 7) is 0. The van der Waals surface area contributed by atoms with Gasteiger partial charge in [0.05, 0.1) is 16.7 Å². The Bertz CT molecular complexity index is 3060. The molecule has 2 heterocycles. The van der Waals surface area contributed by atoms with Gasteiger partial charge in [0, 0.05) is 22.5 Å². The second-order valence-electron chi connectivity index (χ2n) is 14.1. The standard InChI is InChI=1S/C52H32N2/c1-2-8-36(9-3-1)43-28-29-44(50-46-16-6-11-38-10-5-15-45(48(38)46)49(43)50)42-13-4-12-41(32-42)35-19-17-33(18-20-35)34-21-23-37(24-22-34)47-30-27-40-26-25-39-14-7-31-53-51(39)52(40)54-47/h1-32H. The molecule has 11 rings (SSSR count). The van der Waals surface area contributed by atoms with E-state index in [9.17, 15) is 0 Å². The fourth-order valence-corrected chi connectivity index (χ4v) is 8.46. The van der Waals surface area contributed by atoms with E-state index in [1.54, 1.807) is 0 Å². The minimum atomic E-state index is 0.936. The van der Waals surface area contributed by atoms with Crippen LogP contribution >= 0.6 is 0 Å². The molecule has 0 bridgehead atoms. The van der Waals surface area contributed by atoms with E-state index in [2.05, 4.69) is 187 Å². The smallest absolute Gasteiger partial charge is 0.0972 e. The van der Waals surface area contributed by atoms with Crippen LogP contribution in [0, 0.1) is 0 Å². The summed E-state index contributed by atoms with van der Waals surface area (Å²) in [5.41, 5.74) is 18.9. The van der Waals surface area contributed by atoms with Gasteiger partial charge in [0.25, 0.3) is 0 Å². The third-order valence-electron chi connectivity index (χ3n) is 11.1. The highest BCUT2D eigenvalue weighted by molar-refractivity contribution is 6.21. The molecule has 1 aliphatic carbocycles. The molecule has 0 amide bonds. The lowest BCUT2D eigenvalue weighted by Crippen LogP contribution is -1.90. The molecule has 0 spiro atoms. The van der Waals surface area contributed by atoms with Crippen LogP contribution in [0.25, 0.3) is 111 Å². The molecule has 10 aromatic rings. The fraction of sp³-hybridized carbons (Fsp3) is 0. The van der Waals surface area contributed by atoms with Crippen LogP contribution in [0.5, 0.6) is 0 Å². The third kappa shape index (κ3) is 4.88. The number of hydrogen-bond donors (Lipinski definition) is 0. The van der Waals surface area contributed by atoms with Gasteiger partial charge in [0.15, 0.2) is 0 Å². The maximum atomic E-state index is 5.04. The van der Waals surface area contributed by atoms with Crippen molar-refractivity contribution in [3.8, 4) is 78.0 Å². The van der Waals surface area contributed by atoms with Crippen molar-refractivity contribution in [2.75, 3.05) is 0 Å². The highest BCUT2D eigenvalue weighted by Crippen LogP contribution is 2.54. The normalized spacial score (nSPS) is 11.7. The molecule has 54 heavy (non-hydrogen) atoms. The number of nitrogens with zero attached hydrogens (tertiary/aromatic N) is 2. The van der Waals surface area contributed by atoms with Crippen LogP contribution in [0.3, 0.4) is 0 Å². The predicted octanol–water partition coefficient (Wildman–Crippen LogP) is 13.9. The largest absolute Gasteiger partial charge is 0.254 e. The summed E-state index contributed by atoms with van der Waals surface area (Å²) in [6.07, 6.45) is 1.84. The highest BCUT2D eigenvalue weighted by atomic mass is 14.7. The molecule has 8 aromatic carbocycles. The second-order valence-corrected chi connectivity index (χ2v) is 14.1. The zero-order valence-corrected chi connectivity index (χ0v) is 29.4. The zero-order chi connectivity index (χ0) is 35.6. The quantitative estimate of drug-likeness (QED) is 0.169. The summed E-state index contributed by atoms with van der Waals surface area (Å²) < 4.78 is 0. The molecular formula is C52H32N2. The second kappa shape index (κ2) is 12.2. The van der Waals surface area contributed by atoms with Crippen molar-refractivity contribution < 1.29 is 0 Å². The van der Waals surface area contributed by atoms with Crippen LogP contribution in [0.1, 0.15) is 0 Å². The van der Waals surface area contributed by atoms with Gasteiger partial charge in [-0.1, -0.05) is 170 Å². The Hall–Kier alpha value is -7.16. The molecule has 2 heteroatoms. The fourth-order valence-electron chi connectivity index (χ4n) is 8.46. The van der Waals surface area contributed by atoms with E-state index in [-0.39, 0.29) is 0 Å². The lowest BCUT2D eigenvalue weighted by atomic mass is 9.87. The van der Waals surface area contributed by atoms with Gasteiger partial charge in [-0.3, -0.25) is 4.98 Å². The lowest BCUT2D eigenvalue weighted by Gasteiger charge is -2.16. The van der Waals surface area contributed by atoms with Crippen LogP contribution in [0.15, 0.2) is 194 Å². The Kier molecular flexibility index (Phi) is 6.90. The molecule has 0 N–H and O–H groups in total. The molecule has 0 radical (unpaired) electrons. The molecule has 0 unspecified atom stereocenters. The number of benzene rings is 8. The van der Waals surface area contributed by atoms with Crippen LogP contribution in [-0.2, 0) is 0 Å². The maximum absolute atomic E-state index is 5.04. The molecule has 2 nitrogen and oxygen atoms in total. The molecule has 2 aromatic heterocycles. The summed E-state index contributed by atoms with van der Waals surface area (Å²) in [6, 6.07) is 68.1. The molecule has 1 aliphatic rings. The van der Waals surface area contributed by atoms with Gasteiger partial charge in [0.2, 0.25) is 0 Å². The summed E-state index contributed by atoms with van der Waals surface area (Å²) in [5.74, 6) is 0. The van der Waals surface area contributed by atoms with E-state index >= 15 is 0 Å². The molecule has 0 fully saturated rings. The average Bonchev–Trinajstić information content (AvgIpc) is 3.59. The van der Waals surface area contributed by atoms with E-state index in [1.807, 2.05) is 12.3 Å². The van der Waals surface area contributed by atoms with Crippen LogP contribution in [0.2, 0.25) is 0 Å². The number of fused-ring (bicyclic) bond motifs is 6. The van der Waals surface area contributed by atoms with Gasteiger partial charge < -0.3 is 0 Å². The minimum Gasteiger partial charge on any atom is -0.254 e. The van der Waals surface area contributed by atoms with Gasteiger partial charge in [-0.25, -0.2) is 4.98 Å². The maximum Gasteiger partial charge on any atom is 0.0972 e. The van der Waals surface area contributed by atoms with Crippen molar-refractivity contribution in [3.63, 3.8) is 0 Å². The first kappa shape index (κ1) is 30.5. The molecular weight excluding hydrogens is 653 g/mol. The van der Waals surface area contributed by atoms with E-state index in [1.165, 1.54) is 77.5 Å². The van der Waals surface area contributed by atoms with Gasteiger partial charge in [-0.05, 0) is 95.7 Å². The Balaban J connectivity index is 0.928. The first-order valence-electron chi connectivity index (χ1n) is 18.5. The lowest BCUT2D eigenvalue weighted by molar-refractivity contribution is 1.37. The van der Waals surface area contributed by atoms with E-state index in [0.29, 0.717) is 0 Å². The number of hydrogen-bond acceptors (Lipinski definition) is 2. The Morgan fingerprint density at radius 1 is 0.296 bits per heavy atom.